The largest absolute Gasteiger partial charge is 0.376 e. The van der Waals surface area contributed by atoms with Gasteiger partial charge < -0.3 is 15.4 Å². The van der Waals surface area contributed by atoms with Crippen LogP contribution in [0.1, 0.15) is 33.1 Å². The molecule has 0 bridgehead atoms. The van der Waals surface area contributed by atoms with Crippen LogP contribution < -0.4 is 10.6 Å². The summed E-state index contributed by atoms with van der Waals surface area (Å²) in [4.78, 5) is 18.9. The predicted octanol–water partition coefficient (Wildman–Crippen LogP) is 2.19. The summed E-state index contributed by atoms with van der Waals surface area (Å²) < 4.78 is 5.50. The highest BCUT2D eigenvalue weighted by atomic mass is 16.6. The lowest BCUT2D eigenvalue weighted by Crippen LogP contribution is -2.21. The molecule has 2 N–H and O–H groups in total. The lowest BCUT2D eigenvalue weighted by Gasteiger charge is -2.15. The summed E-state index contributed by atoms with van der Waals surface area (Å²) in [6.07, 6.45) is 4.25. The average Bonchev–Trinajstić information content (AvgIpc) is 2.98. The summed E-state index contributed by atoms with van der Waals surface area (Å²) in [5, 5.41) is 17.4. The molecule has 0 spiro atoms. The van der Waals surface area contributed by atoms with Gasteiger partial charge in [0.1, 0.15) is 6.33 Å². The van der Waals surface area contributed by atoms with Crippen LogP contribution in [0.3, 0.4) is 0 Å². The lowest BCUT2D eigenvalue weighted by atomic mass is 10.2. The van der Waals surface area contributed by atoms with Crippen LogP contribution in [0.25, 0.3) is 0 Å². The molecule has 8 heteroatoms. The molecule has 0 radical (unpaired) electrons. The van der Waals surface area contributed by atoms with Gasteiger partial charge in [0.15, 0.2) is 0 Å². The van der Waals surface area contributed by atoms with Crippen molar-refractivity contribution in [2.45, 2.75) is 45.3 Å². The molecule has 0 amide bonds. The van der Waals surface area contributed by atoms with Crippen LogP contribution in [-0.4, -0.2) is 40.2 Å². The molecule has 8 nitrogen and oxygen atoms in total. The van der Waals surface area contributed by atoms with Crippen molar-refractivity contribution in [1.29, 1.82) is 0 Å². The monoisotopic (exact) mass is 295 g/mol. The molecule has 1 aliphatic heterocycles. The molecule has 1 saturated heterocycles. The van der Waals surface area contributed by atoms with Crippen LogP contribution >= 0.6 is 0 Å². The number of anilines is 2. The molecule has 1 aromatic heterocycles. The minimum absolute atomic E-state index is 0.0885. The molecule has 0 saturated carbocycles. The quantitative estimate of drug-likeness (QED) is 0.587. The van der Waals surface area contributed by atoms with Gasteiger partial charge >= 0.3 is 5.69 Å². The van der Waals surface area contributed by atoms with Crippen LogP contribution in [-0.2, 0) is 4.74 Å². The molecule has 2 rings (SSSR count). The van der Waals surface area contributed by atoms with Crippen molar-refractivity contribution < 1.29 is 9.66 Å². The summed E-state index contributed by atoms with van der Waals surface area (Å²) >= 11 is 0. The maximum Gasteiger partial charge on any atom is 0.353 e. The number of aromatic nitrogens is 2. The molecular weight excluding hydrogens is 274 g/mol. The van der Waals surface area contributed by atoms with E-state index in [9.17, 15) is 10.1 Å². The van der Waals surface area contributed by atoms with E-state index in [0.29, 0.717) is 6.54 Å². The molecule has 2 unspecified atom stereocenters. The minimum atomic E-state index is -0.456. The van der Waals surface area contributed by atoms with E-state index in [0.717, 1.165) is 25.9 Å². The van der Waals surface area contributed by atoms with Crippen molar-refractivity contribution in [1.82, 2.24) is 9.97 Å². The highest BCUT2D eigenvalue weighted by Gasteiger charge is 2.25. The lowest BCUT2D eigenvalue weighted by molar-refractivity contribution is -0.383. The second kappa shape index (κ2) is 7.16. The third-order valence-corrected chi connectivity index (χ3v) is 3.52. The molecule has 0 aromatic carbocycles. The van der Waals surface area contributed by atoms with Crippen LogP contribution in [0.5, 0.6) is 0 Å². The normalized spacial score (nSPS) is 19.2. The van der Waals surface area contributed by atoms with E-state index in [1.165, 1.54) is 6.33 Å². The number of nitrogens with zero attached hydrogens (tertiary/aromatic N) is 3. The average molecular weight is 295 g/mol. The molecule has 1 aliphatic rings. The summed E-state index contributed by atoms with van der Waals surface area (Å²) in [6, 6.07) is 0.101. The first-order chi connectivity index (χ1) is 10.1. The summed E-state index contributed by atoms with van der Waals surface area (Å²) in [5.74, 6) is 0.482. The smallest absolute Gasteiger partial charge is 0.353 e. The Morgan fingerprint density at radius 1 is 1.52 bits per heavy atom. The number of nitro groups is 1. The van der Waals surface area contributed by atoms with E-state index in [1.807, 2.05) is 13.8 Å². The molecule has 21 heavy (non-hydrogen) atoms. The third kappa shape index (κ3) is 4.01. The Morgan fingerprint density at radius 2 is 2.29 bits per heavy atom. The molecule has 1 aromatic rings. The van der Waals surface area contributed by atoms with E-state index < -0.39 is 4.92 Å². The van der Waals surface area contributed by atoms with E-state index in [-0.39, 0.29) is 29.5 Å². The van der Waals surface area contributed by atoms with E-state index in [2.05, 4.69) is 20.6 Å². The molecule has 2 heterocycles. The van der Waals surface area contributed by atoms with Crippen molar-refractivity contribution in [3.05, 3.63) is 16.4 Å². The van der Waals surface area contributed by atoms with Gasteiger partial charge in [0.25, 0.3) is 0 Å². The highest BCUT2D eigenvalue weighted by Crippen LogP contribution is 2.29. The number of rotatable bonds is 7. The fourth-order valence-electron chi connectivity index (χ4n) is 2.14. The molecule has 0 aliphatic carbocycles. The Labute approximate surface area is 123 Å². The van der Waals surface area contributed by atoms with Gasteiger partial charge in [-0.3, -0.25) is 10.1 Å². The Hall–Kier alpha value is -1.96. The zero-order valence-corrected chi connectivity index (χ0v) is 12.3. The van der Waals surface area contributed by atoms with Crippen molar-refractivity contribution >= 4 is 17.3 Å². The third-order valence-electron chi connectivity index (χ3n) is 3.52. The van der Waals surface area contributed by atoms with Crippen LogP contribution in [0.15, 0.2) is 6.33 Å². The van der Waals surface area contributed by atoms with Gasteiger partial charge in [0.2, 0.25) is 11.6 Å². The maximum absolute atomic E-state index is 11.3. The van der Waals surface area contributed by atoms with Gasteiger partial charge in [0, 0.05) is 19.2 Å². The van der Waals surface area contributed by atoms with E-state index in [1.54, 1.807) is 0 Å². The first-order valence-corrected chi connectivity index (χ1v) is 7.23. The minimum Gasteiger partial charge on any atom is -0.376 e. The summed E-state index contributed by atoms with van der Waals surface area (Å²) in [5.41, 5.74) is -0.115. The van der Waals surface area contributed by atoms with E-state index in [4.69, 9.17) is 4.74 Å². The fourth-order valence-corrected chi connectivity index (χ4v) is 2.14. The van der Waals surface area contributed by atoms with Crippen LogP contribution in [0.2, 0.25) is 0 Å². The van der Waals surface area contributed by atoms with Gasteiger partial charge in [-0.05, 0) is 26.2 Å². The molecular formula is C13H21N5O3. The van der Waals surface area contributed by atoms with Crippen molar-refractivity contribution in [2.24, 2.45) is 0 Å². The Morgan fingerprint density at radius 3 is 2.90 bits per heavy atom. The number of hydrogen-bond donors (Lipinski definition) is 2. The SMILES string of the molecule is CCC(C)Nc1ncnc(NCC2CCCO2)c1[N+](=O)[O-]. The predicted molar refractivity (Wildman–Crippen MR) is 79.5 cm³/mol. The fraction of sp³-hybridized carbons (Fsp3) is 0.692. The van der Waals surface area contributed by atoms with Crippen molar-refractivity contribution in [3.63, 3.8) is 0 Å². The highest BCUT2D eigenvalue weighted by molar-refractivity contribution is 5.69. The van der Waals surface area contributed by atoms with E-state index >= 15 is 0 Å². The van der Waals surface area contributed by atoms with Crippen LogP contribution in [0, 0.1) is 10.1 Å². The topological polar surface area (TPSA) is 102 Å². The summed E-state index contributed by atoms with van der Waals surface area (Å²) in [7, 11) is 0. The van der Waals surface area contributed by atoms with Gasteiger partial charge in [-0.2, -0.15) is 0 Å². The standard InChI is InChI=1S/C13H21N5O3/c1-3-9(2)17-13-11(18(19)20)12(15-8-16-13)14-7-10-5-4-6-21-10/h8-10H,3-7H2,1-2H3,(H2,14,15,16,17). The van der Waals surface area contributed by atoms with Gasteiger partial charge in [-0.1, -0.05) is 6.92 Å². The first-order valence-electron chi connectivity index (χ1n) is 7.23. The first kappa shape index (κ1) is 15.4. The Balaban J connectivity index is 2.14. The van der Waals surface area contributed by atoms with Crippen molar-refractivity contribution in [3.8, 4) is 0 Å². The Kier molecular flexibility index (Phi) is 5.26. The summed E-state index contributed by atoms with van der Waals surface area (Å²) in [6.45, 7) is 5.21. The van der Waals surface area contributed by atoms with Crippen molar-refractivity contribution in [2.75, 3.05) is 23.8 Å². The number of nitrogens with one attached hydrogen (secondary N) is 2. The number of ether oxygens (including phenoxy) is 1. The molecule has 2 atom stereocenters. The molecule has 116 valence electrons. The van der Waals surface area contributed by atoms with Crippen LogP contribution in [0.4, 0.5) is 17.3 Å². The van der Waals surface area contributed by atoms with Gasteiger partial charge in [-0.15, -0.1) is 0 Å². The zero-order valence-electron chi connectivity index (χ0n) is 12.3. The van der Waals surface area contributed by atoms with Gasteiger partial charge in [-0.25, -0.2) is 9.97 Å². The Bertz CT molecular complexity index is 491. The second-order valence-corrected chi connectivity index (χ2v) is 5.15. The zero-order chi connectivity index (χ0) is 15.2. The molecule has 1 fully saturated rings. The maximum atomic E-state index is 11.3. The second-order valence-electron chi connectivity index (χ2n) is 5.15. The van der Waals surface area contributed by atoms with Gasteiger partial charge in [0.05, 0.1) is 11.0 Å². The number of hydrogen-bond acceptors (Lipinski definition) is 7.